The maximum atomic E-state index is 12.9. The number of hydrogen-bond acceptors (Lipinski definition) is 14. The Morgan fingerprint density at radius 2 is 1.56 bits per heavy atom. The molecule has 0 radical (unpaired) electrons. The number of Topliss-reactive ketones (excluding diaryl/α,β-unsaturated/α-hetero) is 1. The summed E-state index contributed by atoms with van der Waals surface area (Å²) in [6.45, 7) is 14.5. The van der Waals surface area contributed by atoms with Crippen molar-refractivity contribution in [1.29, 1.82) is 0 Å². The van der Waals surface area contributed by atoms with Crippen molar-refractivity contribution in [1.82, 2.24) is 25.1 Å². The molecule has 4 heterocycles. The van der Waals surface area contributed by atoms with Gasteiger partial charge in [-0.2, -0.15) is 4.98 Å². The van der Waals surface area contributed by atoms with Crippen LogP contribution in [0.5, 0.6) is 5.75 Å². The third-order valence-electron chi connectivity index (χ3n) is 11.0. The molecule has 0 spiro atoms. The van der Waals surface area contributed by atoms with Crippen molar-refractivity contribution in [3.63, 3.8) is 0 Å². The first-order valence-corrected chi connectivity index (χ1v) is 23.8. The van der Waals surface area contributed by atoms with Crippen LogP contribution < -0.4 is 25.6 Å². The number of carbonyl (C=O) groups excluding carboxylic acids is 6. The highest BCUT2D eigenvalue weighted by Gasteiger charge is 2.46. The van der Waals surface area contributed by atoms with Gasteiger partial charge in [-0.05, 0) is 86.2 Å². The van der Waals surface area contributed by atoms with Crippen molar-refractivity contribution >= 4 is 74.0 Å². The third kappa shape index (κ3) is 12.1. The number of hydrogen-bond donors (Lipinski definition) is 3. The molecule has 17 nitrogen and oxygen atoms in total. The summed E-state index contributed by atoms with van der Waals surface area (Å²) in [4.78, 5) is 87.1. The summed E-state index contributed by atoms with van der Waals surface area (Å²) in [5.41, 5.74) is 3.27. The lowest BCUT2D eigenvalue weighted by molar-refractivity contribution is -0.136. The van der Waals surface area contributed by atoms with E-state index in [1.54, 1.807) is 30.5 Å². The minimum atomic E-state index is -3.42. The summed E-state index contributed by atoms with van der Waals surface area (Å²) >= 11 is 0. The minimum absolute atomic E-state index is 0.0477. The van der Waals surface area contributed by atoms with Crippen LogP contribution in [-0.2, 0) is 29.0 Å². The lowest BCUT2D eigenvalue weighted by Crippen LogP contribution is -2.54. The van der Waals surface area contributed by atoms with E-state index in [2.05, 4.69) is 43.0 Å². The Kier molecular flexibility index (Phi) is 15.6. The number of rotatable bonds is 15. The van der Waals surface area contributed by atoms with Gasteiger partial charge in [-0.3, -0.25) is 39.0 Å². The summed E-state index contributed by atoms with van der Waals surface area (Å²) < 4.78 is 31.2. The Labute approximate surface area is 385 Å². The smallest absolute Gasteiger partial charge is 0.266 e. The molecule has 5 amide bonds. The fourth-order valence-corrected chi connectivity index (χ4v) is 9.67. The van der Waals surface area contributed by atoms with E-state index < -0.39 is 39.5 Å². The van der Waals surface area contributed by atoms with Crippen LogP contribution in [0.2, 0.25) is 0 Å². The maximum Gasteiger partial charge on any atom is 0.266 e. The van der Waals surface area contributed by atoms with Gasteiger partial charge < -0.3 is 25.2 Å². The number of carbonyl (C=O) groups is 6. The number of ether oxygens (including phenoxy) is 1. The van der Waals surface area contributed by atoms with Crippen LogP contribution in [-0.4, -0.2) is 108 Å². The molecule has 3 N–H and O–H groups in total. The highest BCUT2D eigenvalue weighted by atomic mass is 32.2. The first-order valence-electron chi connectivity index (χ1n) is 22.2. The van der Waals surface area contributed by atoms with Gasteiger partial charge in [0.2, 0.25) is 23.7 Å². The first kappa shape index (κ1) is 48.8. The first-order chi connectivity index (χ1) is 31.4. The van der Waals surface area contributed by atoms with Crippen molar-refractivity contribution in [2.45, 2.75) is 91.0 Å². The summed E-state index contributed by atoms with van der Waals surface area (Å²) in [5, 5.41) is 8.65. The number of benzene rings is 3. The number of fused-ring (bicyclic) bond motifs is 1. The molecule has 18 heteroatoms. The number of aryl methyl sites for hydroxylation is 1. The number of aromatic nitrogens is 2. The number of ketones is 1. The predicted molar refractivity (Wildman–Crippen MR) is 250 cm³/mol. The fourth-order valence-electron chi connectivity index (χ4n) is 7.77. The highest BCUT2D eigenvalue weighted by molar-refractivity contribution is 7.91. The molecule has 2 fully saturated rings. The van der Waals surface area contributed by atoms with E-state index in [1.807, 2.05) is 64.6 Å². The molecule has 66 heavy (non-hydrogen) atoms. The second kappa shape index (κ2) is 21.1. The van der Waals surface area contributed by atoms with Crippen LogP contribution in [0.4, 0.5) is 28.8 Å². The van der Waals surface area contributed by atoms with Crippen molar-refractivity contribution in [3.05, 3.63) is 89.6 Å². The number of anilines is 5. The van der Waals surface area contributed by atoms with Gasteiger partial charge in [-0.1, -0.05) is 46.8 Å². The molecule has 7 rings (SSSR count). The molecule has 1 unspecified atom stereocenters. The maximum absolute atomic E-state index is 12.9. The monoisotopic (exact) mass is 922 g/mol. The lowest BCUT2D eigenvalue weighted by Gasteiger charge is -2.36. The zero-order valence-corrected chi connectivity index (χ0v) is 39.1. The summed E-state index contributed by atoms with van der Waals surface area (Å²) in [6.07, 6.45) is 4.42. The number of piperidine rings is 1. The van der Waals surface area contributed by atoms with Crippen LogP contribution in [0.15, 0.2) is 77.8 Å². The van der Waals surface area contributed by atoms with Gasteiger partial charge >= 0.3 is 0 Å². The molecular weight excluding hydrogens is 865 g/mol. The Bertz CT molecular complexity index is 2590. The molecule has 0 bridgehead atoms. The van der Waals surface area contributed by atoms with E-state index in [0.717, 1.165) is 54.4 Å². The number of piperazine rings is 1. The van der Waals surface area contributed by atoms with Crippen molar-refractivity contribution in [3.8, 4) is 5.75 Å². The molecule has 3 aliphatic rings. The van der Waals surface area contributed by atoms with Crippen LogP contribution in [0.3, 0.4) is 0 Å². The Morgan fingerprint density at radius 3 is 2.23 bits per heavy atom. The van der Waals surface area contributed by atoms with Gasteiger partial charge in [0.1, 0.15) is 24.2 Å². The molecule has 350 valence electrons. The normalized spacial score (nSPS) is 16.3. The number of nitrogens with one attached hydrogen (secondary N) is 3. The van der Waals surface area contributed by atoms with E-state index in [4.69, 9.17) is 4.74 Å². The number of amides is 5. The van der Waals surface area contributed by atoms with E-state index >= 15 is 0 Å². The van der Waals surface area contributed by atoms with E-state index in [0.29, 0.717) is 36.7 Å². The lowest BCUT2D eigenvalue weighted by atomic mass is 10.0. The van der Waals surface area contributed by atoms with Crippen molar-refractivity contribution < 1.29 is 41.9 Å². The zero-order chi connectivity index (χ0) is 47.8. The highest BCUT2D eigenvalue weighted by Crippen LogP contribution is 2.34. The second-order valence-corrected chi connectivity index (χ2v) is 19.7. The number of imide groups is 2. The summed E-state index contributed by atoms with van der Waals surface area (Å²) in [5.74, 6) is -0.996. The second-order valence-electron chi connectivity index (χ2n) is 17.7. The van der Waals surface area contributed by atoms with E-state index in [-0.39, 0.29) is 64.1 Å². The zero-order valence-electron chi connectivity index (χ0n) is 38.3. The molecule has 3 aliphatic heterocycles. The van der Waals surface area contributed by atoms with Gasteiger partial charge in [0.25, 0.3) is 11.8 Å². The average molecular weight is 923 g/mol. The van der Waals surface area contributed by atoms with Crippen LogP contribution >= 0.6 is 0 Å². The summed E-state index contributed by atoms with van der Waals surface area (Å²) in [6, 6.07) is 18.4. The van der Waals surface area contributed by atoms with Gasteiger partial charge in [-0.25, -0.2) is 13.4 Å². The van der Waals surface area contributed by atoms with E-state index in [9.17, 15) is 37.2 Å². The Morgan fingerprint density at radius 1 is 0.864 bits per heavy atom. The van der Waals surface area contributed by atoms with Crippen LogP contribution in [0.1, 0.15) is 99.4 Å². The number of nitrogens with zero attached hydrogens (tertiary/aromatic N) is 5. The topological polar surface area (TPSA) is 217 Å². The van der Waals surface area contributed by atoms with Gasteiger partial charge in [-0.15, -0.1) is 0 Å². The van der Waals surface area contributed by atoms with Crippen molar-refractivity contribution in [2.75, 3.05) is 54.1 Å². The minimum Gasteiger partial charge on any atom is -0.485 e. The average Bonchev–Trinajstić information content (AvgIpc) is 3.53. The number of sulfone groups is 1. The fraction of sp³-hybridized carbons (Fsp3) is 0.417. The molecule has 0 saturated carbocycles. The Hall–Kier alpha value is -6.69. The molecule has 1 aromatic heterocycles. The van der Waals surface area contributed by atoms with Gasteiger partial charge in [0.15, 0.2) is 15.6 Å². The van der Waals surface area contributed by atoms with Gasteiger partial charge in [0, 0.05) is 74.3 Å². The Balaban J connectivity index is 0.000000239. The molecule has 3 aromatic carbocycles. The predicted octanol–water partition coefficient (Wildman–Crippen LogP) is 6.38. The molecule has 2 saturated heterocycles. The largest absolute Gasteiger partial charge is 0.485 e. The standard InChI is InChI=1S/C30H40N6O3S.C18H18N2O6/c1-6-8-27(37)36-17-15-35(16-18-36)25-13-11-23(12-14-25)33-29-31-20-22(2)28(34-29)32-24-9-7-10-26(19-24)40(38,39)21-30(3,4)5;1-2-4-10(21)9-26-13-6-3-5-11-15(13)18(25)20(17(11)24)12-7-8-14(22)19-16(12)23/h7,9-14,19-20H,6,8,15-18,21H2,1-5H3,(H2,31,32,33,34);3,5-6,12H,2,4,7-9H2,1H3,(H,19,22,23). The third-order valence-corrected chi connectivity index (χ3v) is 13.2. The van der Waals surface area contributed by atoms with E-state index in [1.165, 1.54) is 12.1 Å². The molecular formula is C48H58N8O9S. The quantitative estimate of drug-likeness (QED) is 0.110. The van der Waals surface area contributed by atoms with Crippen molar-refractivity contribution in [2.24, 2.45) is 5.41 Å². The molecule has 1 atom stereocenters. The SMILES string of the molecule is CCCC(=O)COc1cccc2c1C(=O)N(C1CCC(=O)NC1=O)C2=O.CCCC(=O)N1CCN(c2ccc(Nc3ncc(C)c(Nc4cccc(S(=O)(=O)CC(C)(C)C)c4)n3)cc2)CC1. The molecule has 4 aromatic rings. The summed E-state index contributed by atoms with van der Waals surface area (Å²) in [7, 11) is -3.42. The van der Waals surface area contributed by atoms with Crippen LogP contribution in [0, 0.1) is 12.3 Å². The van der Waals surface area contributed by atoms with Gasteiger partial charge in [0.05, 0.1) is 21.8 Å². The molecule has 0 aliphatic carbocycles. The van der Waals surface area contributed by atoms with Crippen LogP contribution in [0.25, 0.3) is 0 Å².